The number of rotatable bonds is 4. The van der Waals surface area contributed by atoms with Crippen LogP contribution in [0, 0.1) is 5.41 Å². The van der Waals surface area contributed by atoms with E-state index in [0.717, 1.165) is 12.2 Å². The van der Waals surface area contributed by atoms with Crippen LogP contribution in [-0.2, 0) is 0 Å². The molecule has 0 aromatic carbocycles. The topological polar surface area (TPSA) is 38.0 Å². The fourth-order valence-electron chi connectivity index (χ4n) is 0.893. The summed E-state index contributed by atoms with van der Waals surface area (Å²) in [5.74, 6) is 0. The second-order valence-corrected chi connectivity index (χ2v) is 4.47. The lowest BCUT2D eigenvalue weighted by Crippen LogP contribution is -2.18. The molecule has 0 amide bonds. The molecule has 0 saturated heterocycles. The lowest BCUT2D eigenvalue weighted by Gasteiger charge is -2.18. The van der Waals surface area contributed by atoms with Crippen molar-refractivity contribution >= 4 is 0 Å². The maximum absolute atomic E-state index is 5.22. The van der Waals surface area contributed by atoms with Crippen LogP contribution in [0.15, 0.2) is 24.0 Å². The molecule has 0 unspecified atom stereocenters. The molecule has 13 heavy (non-hydrogen) atoms. The zero-order chi connectivity index (χ0) is 10.3. The molecule has 3 N–H and O–H groups in total. The van der Waals surface area contributed by atoms with E-state index in [0.29, 0.717) is 5.41 Å². The third kappa shape index (κ3) is 8.99. The summed E-state index contributed by atoms with van der Waals surface area (Å²) in [6, 6.07) is 0. The number of hydrogen-bond donors (Lipinski definition) is 2. The van der Waals surface area contributed by atoms with Crippen LogP contribution in [0.2, 0.25) is 0 Å². The SMILES string of the molecule is C/C(=C\C=C/N)NCCC(C)(C)C. The minimum absolute atomic E-state index is 0.400. The lowest BCUT2D eigenvalue weighted by molar-refractivity contribution is 0.373. The van der Waals surface area contributed by atoms with Crippen LogP contribution in [0.4, 0.5) is 0 Å². The first-order valence-electron chi connectivity index (χ1n) is 4.75. The predicted molar refractivity (Wildman–Crippen MR) is 59.2 cm³/mol. The molecule has 0 rings (SSSR count). The summed E-state index contributed by atoms with van der Waals surface area (Å²) in [7, 11) is 0. The molecule has 0 heterocycles. The fourth-order valence-corrected chi connectivity index (χ4v) is 0.893. The van der Waals surface area contributed by atoms with E-state index >= 15 is 0 Å². The maximum Gasteiger partial charge on any atom is 0.0148 e. The highest BCUT2D eigenvalue weighted by Gasteiger charge is 2.08. The van der Waals surface area contributed by atoms with Gasteiger partial charge in [-0.1, -0.05) is 20.8 Å². The average molecular weight is 182 g/mol. The van der Waals surface area contributed by atoms with Gasteiger partial charge in [-0.25, -0.2) is 0 Å². The summed E-state index contributed by atoms with van der Waals surface area (Å²) in [5.41, 5.74) is 6.78. The molecule has 0 aromatic rings. The molecule has 0 fully saturated rings. The number of nitrogens with two attached hydrogens (primary N) is 1. The largest absolute Gasteiger partial charge is 0.405 e. The van der Waals surface area contributed by atoms with E-state index < -0.39 is 0 Å². The number of allylic oxidation sites excluding steroid dienone is 3. The van der Waals surface area contributed by atoms with Gasteiger partial charge in [0.2, 0.25) is 0 Å². The van der Waals surface area contributed by atoms with Gasteiger partial charge in [0.15, 0.2) is 0 Å². The van der Waals surface area contributed by atoms with E-state index in [9.17, 15) is 0 Å². The van der Waals surface area contributed by atoms with Crippen LogP contribution in [0.1, 0.15) is 34.1 Å². The van der Waals surface area contributed by atoms with Gasteiger partial charge in [0, 0.05) is 12.2 Å². The summed E-state index contributed by atoms with van der Waals surface area (Å²) < 4.78 is 0. The van der Waals surface area contributed by atoms with E-state index in [4.69, 9.17) is 5.73 Å². The highest BCUT2D eigenvalue weighted by Crippen LogP contribution is 2.17. The van der Waals surface area contributed by atoms with Gasteiger partial charge in [0.05, 0.1) is 0 Å². The minimum Gasteiger partial charge on any atom is -0.405 e. The molecule has 0 aromatic heterocycles. The maximum atomic E-state index is 5.22. The molecular weight excluding hydrogens is 160 g/mol. The zero-order valence-electron chi connectivity index (χ0n) is 9.22. The Balaban J connectivity index is 3.65. The fraction of sp³-hybridized carbons (Fsp3) is 0.636. The van der Waals surface area contributed by atoms with E-state index in [2.05, 4.69) is 26.1 Å². The van der Waals surface area contributed by atoms with Crippen molar-refractivity contribution in [2.24, 2.45) is 11.1 Å². The van der Waals surface area contributed by atoms with Gasteiger partial charge < -0.3 is 11.1 Å². The summed E-state index contributed by atoms with van der Waals surface area (Å²) >= 11 is 0. The van der Waals surface area contributed by atoms with Gasteiger partial charge in [-0.05, 0) is 37.1 Å². The van der Waals surface area contributed by atoms with Crippen molar-refractivity contribution in [2.45, 2.75) is 34.1 Å². The van der Waals surface area contributed by atoms with Gasteiger partial charge in [0.25, 0.3) is 0 Å². The van der Waals surface area contributed by atoms with Crippen molar-refractivity contribution in [3.63, 3.8) is 0 Å². The van der Waals surface area contributed by atoms with E-state index in [1.807, 2.05) is 19.1 Å². The predicted octanol–water partition coefficient (Wildman–Crippen LogP) is 2.39. The standard InChI is InChI=1S/C11H22N2/c1-10(6-5-8-12)13-9-7-11(2,3)4/h5-6,8,13H,7,9,12H2,1-4H3/b8-5-,10-6+. The molecule has 0 radical (unpaired) electrons. The first kappa shape index (κ1) is 12.1. The zero-order valence-corrected chi connectivity index (χ0v) is 9.22. The quantitative estimate of drug-likeness (QED) is 0.655. The molecule has 0 saturated carbocycles. The van der Waals surface area contributed by atoms with Crippen molar-refractivity contribution in [1.29, 1.82) is 0 Å². The Labute approximate surface area is 81.9 Å². The third-order valence-electron chi connectivity index (χ3n) is 1.74. The normalized spacial score (nSPS) is 13.7. The Morgan fingerprint density at radius 1 is 1.38 bits per heavy atom. The second-order valence-electron chi connectivity index (χ2n) is 4.47. The Morgan fingerprint density at radius 2 is 2.00 bits per heavy atom. The Morgan fingerprint density at radius 3 is 2.46 bits per heavy atom. The summed E-state index contributed by atoms with van der Waals surface area (Å²) in [4.78, 5) is 0. The smallest absolute Gasteiger partial charge is 0.0148 e. The van der Waals surface area contributed by atoms with Crippen molar-refractivity contribution in [1.82, 2.24) is 5.32 Å². The van der Waals surface area contributed by atoms with E-state index in [1.165, 1.54) is 12.6 Å². The molecule has 0 aliphatic heterocycles. The Bertz CT molecular complexity index is 185. The van der Waals surface area contributed by atoms with Crippen molar-refractivity contribution in [3.05, 3.63) is 24.0 Å². The molecule has 76 valence electrons. The van der Waals surface area contributed by atoms with Gasteiger partial charge in [0.1, 0.15) is 0 Å². The molecule has 0 spiro atoms. The summed E-state index contributed by atoms with van der Waals surface area (Å²) in [6.45, 7) is 9.79. The third-order valence-corrected chi connectivity index (χ3v) is 1.74. The van der Waals surface area contributed by atoms with Gasteiger partial charge in [-0.15, -0.1) is 0 Å². The molecule has 0 aliphatic rings. The van der Waals surface area contributed by atoms with E-state index in [1.54, 1.807) is 0 Å². The lowest BCUT2D eigenvalue weighted by atomic mass is 9.92. The molecule has 0 bridgehead atoms. The van der Waals surface area contributed by atoms with Crippen LogP contribution in [0.5, 0.6) is 0 Å². The first-order valence-corrected chi connectivity index (χ1v) is 4.75. The number of hydrogen-bond acceptors (Lipinski definition) is 2. The first-order chi connectivity index (χ1) is 5.95. The van der Waals surface area contributed by atoms with Gasteiger partial charge in [-0.3, -0.25) is 0 Å². The van der Waals surface area contributed by atoms with Crippen LogP contribution < -0.4 is 11.1 Å². The molecule has 0 atom stereocenters. The van der Waals surface area contributed by atoms with E-state index in [-0.39, 0.29) is 0 Å². The van der Waals surface area contributed by atoms with Crippen molar-refractivity contribution < 1.29 is 0 Å². The van der Waals surface area contributed by atoms with Crippen molar-refractivity contribution in [2.75, 3.05) is 6.54 Å². The van der Waals surface area contributed by atoms with Crippen molar-refractivity contribution in [3.8, 4) is 0 Å². The van der Waals surface area contributed by atoms with Crippen LogP contribution in [0.25, 0.3) is 0 Å². The van der Waals surface area contributed by atoms with Gasteiger partial charge >= 0.3 is 0 Å². The minimum atomic E-state index is 0.400. The number of nitrogens with one attached hydrogen (secondary N) is 1. The highest BCUT2D eigenvalue weighted by molar-refractivity contribution is 5.07. The van der Waals surface area contributed by atoms with Crippen LogP contribution in [0.3, 0.4) is 0 Å². The monoisotopic (exact) mass is 182 g/mol. The second kappa shape index (κ2) is 5.68. The highest BCUT2D eigenvalue weighted by atomic mass is 14.9. The molecule has 0 aliphatic carbocycles. The van der Waals surface area contributed by atoms with Crippen LogP contribution in [-0.4, -0.2) is 6.54 Å². The molecular formula is C11H22N2. The van der Waals surface area contributed by atoms with Crippen LogP contribution >= 0.6 is 0 Å². The Hall–Kier alpha value is -0.920. The molecule has 2 heteroatoms. The van der Waals surface area contributed by atoms with Gasteiger partial charge in [-0.2, -0.15) is 0 Å². The average Bonchev–Trinajstić information content (AvgIpc) is 1.98. The Kier molecular flexibility index (Phi) is 5.28. The summed E-state index contributed by atoms with van der Waals surface area (Å²) in [6.07, 6.45) is 6.52. The molecule has 2 nitrogen and oxygen atoms in total. The summed E-state index contributed by atoms with van der Waals surface area (Å²) in [5, 5.41) is 3.33.